The van der Waals surface area contributed by atoms with E-state index in [-0.39, 0.29) is 42.5 Å². The minimum atomic E-state index is -3.11. The molecule has 0 spiro atoms. The first-order chi connectivity index (χ1) is 20.8. The molecule has 244 valence electrons. The molecular weight excluding hydrogens is 588 g/mol. The molecule has 1 fully saturated rings. The van der Waals surface area contributed by atoms with Gasteiger partial charge in [-0.15, -0.1) is 6.58 Å². The minimum absolute atomic E-state index is 0.00358. The fourth-order valence-electron chi connectivity index (χ4n) is 4.83. The Hall–Kier alpha value is -3.81. The van der Waals surface area contributed by atoms with Gasteiger partial charge < -0.3 is 70.6 Å². The van der Waals surface area contributed by atoms with Crippen molar-refractivity contribution in [2.75, 3.05) is 40.5 Å². The van der Waals surface area contributed by atoms with Crippen molar-refractivity contribution in [3.8, 4) is 0 Å². The number of β-amino-alcohol motifs (C(OH)–C–C–N with tert-alkyl or cyclic N) is 1. The maximum absolute atomic E-state index is 12.7. The number of aliphatic hydroxyl groups is 6. The van der Waals surface area contributed by atoms with Crippen LogP contribution in [0.3, 0.4) is 0 Å². The number of allylic oxidation sites excluding steroid dienone is 2. The van der Waals surface area contributed by atoms with Crippen LogP contribution in [-0.4, -0.2) is 136 Å². The Morgan fingerprint density at radius 2 is 1.98 bits per heavy atom. The zero-order valence-corrected chi connectivity index (χ0v) is 24.0. The number of carboxylic acids is 1. The van der Waals surface area contributed by atoms with Crippen molar-refractivity contribution in [1.82, 2.24) is 10.2 Å². The number of nitrogens with one attached hydrogen (secondary N) is 1. The number of nitrogens with two attached hydrogens (primary N) is 1. The van der Waals surface area contributed by atoms with Crippen LogP contribution in [0.2, 0.25) is 0 Å². The van der Waals surface area contributed by atoms with Crippen molar-refractivity contribution in [3.63, 3.8) is 0 Å². The Morgan fingerprint density at radius 1 is 1.27 bits per heavy atom. The monoisotopic (exact) mass is 626 g/mol. The molecule has 0 aromatic carbocycles. The van der Waals surface area contributed by atoms with Crippen molar-refractivity contribution in [2.45, 2.75) is 36.7 Å². The number of aliphatic imine (C=N–C) groups is 1. The standard InChI is InChI=1S/C27H38N4O13/c1-4-14-15(6-5-13-9-31(7-8-32)10-16(22(36)37)19(13)30-26(28)29-2)17(23(38)41-3)12-42-24(14)44-25-21(35)27(39,40)20(34)18(11-33)43-25/h4-6,9,12,14-15,18,20-21,24-25,32-35,39-40H,1,7-8,10-11H2,2-3H3,(H,36,37)(H3,28,29,30). The number of carbonyl (C=O) groups excluding carboxylic acids is 1. The molecule has 0 radical (unpaired) electrons. The first-order valence-electron chi connectivity index (χ1n) is 13.3. The van der Waals surface area contributed by atoms with Crippen LogP contribution < -0.4 is 11.1 Å². The van der Waals surface area contributed by atoms with E-state index in [0.717, 1.165) is 13.4 Å². The van der Waals surface area contributed by atoms with Crippen LogP contribution in [0.15, 0.2) is 64.7 Å². The van der Waals surface area contributed by atoms with Gasteiger partial charge in [0.25, 0.3) is 0 Å². The maximum Gasteiger partial charge on any atom is 0.337 e. The quantitative estimate of drug-likeness (QED) is 0.0355. The van der Waals surface area contributed by atoms with Gasteiger partial charge in [0.1, 0.15) is 12.2 Å². The minimum Gasteiger partial charge on any atom is -0.478 e. The van der Waals surface area contributed by atoms with Crippen LogP contribution in [-0.2, 0) is 28.5 Å². The van der Waals surface area contributed by atoms with E-state index < -0.39 is 67.1 Å². The number of esters is 1. The Morgan fingerprint density at radius 3 is 2.55 bits per heavy atom. The molecule has 0 aromatic rings. The molecule has 17 nitrogen and oxygen atoms in total. The van der Waals surface area contributed by atoms with Crippen LogP contribution in [0.4, 0.5) is 0 Å². The van der Waals surface area contributed by atoms with Crippen LogP contribution in [0, 0.1) is 11.8 Å². The van der Waals surface area contributed by atoms with Gasteiger partial charge in [0.15, 0.2) is 18.4 Å². The van der Waals surface area contributed by atoms with Gasteiger partial charge in [0.05, 0.1) is 55.9 Å². The molecule has 0 saturated carbocycles. The van der Waals surface area contributed by atoms with E-state index in [9.17, 15) is 45.3 Å². The number of aliphatic carboxylic acids is 1. The third kappa shape index (κ3) is 7.28. The summed E-state index contributed by atoms with van der Waals surface area (Å²) in [5.74, 6) is -7.09. The summed E-state index contributed by atoms with van der Waals surface area (Å²) in [6, 6.07) is 0. The fourth-order valence-corrected chi connectivity index (χ4v) is 4.83. The van der Waals surface area contributed by atoms with Crippen molar-refractivity contribution >= 4 is 17.9 Å². The fraction of sp³-hybridized carbons (Fsp3) is 0.519. The number of hydrogen-bond donors (Lipinski definition) is 9. The number of carbonyl (C=O) groups is 2. The van der Waals surface area contributed by atoms with E-state index in [1.165, 1.54) is 25.3 Å². The van der Waals surface area contributed by atoms with E-state index >= 15 is 0 Å². The Balaban J connectivity index is 2.03. The molecule has 0 bridgehead atoms. The first kappa shape index (κ1) is 34.7. The van der Waals surface area contributed by atoms with E-state index in [1.54, 1.807) is 11.1 Å². The lowest BCUT2D eigenvalue weighted by atomic mass is 9.83. The molecule has 7 atom stereocenters. The van der Waals surface area contributed by atoms with Crippen molar-refractivity contribution in [3.05, 3.63) is 59.7 Å². The lowest BCUT2D eigenvalue weighted by Gasteiger charge is -2.46. The van der Waals surface area contributed by atoms with Gasteiger partial charge in [-0.05, 0) is 0 Å². The molecule has 7 unspecified atom stereocenters. The number of aliphatic hydroxyl groups excluding tert-OH is 4. The molecule has 3 aliphatic rings. The third-order valence-electron chi connectivity index (χ3n) is 7.24. The highest BCUT2D eigenvalue weighted by Gasteiger charge is 2.56. The molecule has 3 aliphatic heterocycles. The van der Waals surface area contributed by atoms with Crippen molar-refractivity contribution < 1.29 is 64.3 Å². The molecule has 10 N–H and O–H groups in total. The summed E-state index contributed by atoms with van der Waals surface area (Å²) in [6.07, 6.45) is -2.03. The predicted octanol–water partition coefficient (Wildman–Crippen LogP) is -3.42. The van der Waals surface area contributed by atoms with Gasteiger partial charge in [-0.3, -0.25) is 4.99 Å². The summed E-state index contributed by atoms with van der Waals surface area (Å²) in [5, 5.41) is 72.6. The number of rotatable bonds is 11. The molecule has 0 aliphatic carbocycles. The summed E-state index contributed by atoms with van der Waals surface area (Å²) in [6.45, 7) is 2.72. The molecule has 17 heteroatoms. The molecule has 0 amide bonds. The van der Waals surface area contributed by atoms with Crippen LogP contribution in [0.1, 0.15) is 0 Å². The molecule has 0 aromatic heterocycles. The second kappa shape index (κ2) is 14.8. The van der Waals surface area contributed by atoms with Gasteiger partial charge >= 0.3 is 11.9 Å². The number of methoxy groups -OCH3 is 1. The summed E-state index contributed by atoms with van der Waals surface area (Å²) < 4.78 is 21.5. The van der Waals surface area contributed by atoms with Crippen LogP contribution in [0.5, 0.6) is 0 Å². The number of hydrogen-bond acceptors (Lipinski definition) is 14. The van der Waals surface area contributed by atoms with E-state index in [1.807, 2.05) is 0 Å². The number of carboxylic acid groups (broad SMARTS) is 1. The summed E-state index contributed by atoms with van der Waals surface area (Å²) >= 11 is 0. The number of ether oxygens (including phenoxy) is 4. The summed E-state index contributed by atoms with van der Waals surface area (Å²) in [7, 11) is 2.55. The first-order valence-corrected chi connectivity index (χ1v) is 13.3. The zero-order valence-electron chi connectivity index (χ0n) is 24.0. The average Bonchev–Trinajstić information content (AvgIpc) is 3.00. The average molecular weight is 627 g/mol. The van der Waals surface area contributed by atoms with Gasteiger partial charge in [-0.1, -0.05) is 18.2 Å². The maximum atomic E-state index is 12.7. The lowest BCUT2D eigenvalue weighted by molar-refractivity contribution is -0.404. The summed E-state index contributed by atoms with van der Waals surface area (Å²) in [5.41, 5.74) is 6.16. The molecule has 44 heavy (non-hydrogen) atoms. The smallest absolute Gasteiger partial charge is 0.337 e. The topological polar surface area (TPSA) is 266 Å². The Bertz CT molecular complexity index is 1240. The molecular formula is C27H38N4O13. The van der Waals surface area contributed by atoms with E-state index in [0.29, 0.717) is 5.57 Å². The van der Waals surface area contributed by atoms with Crippen molar-refractivity contribution in [2.24, 2.45) is 22.6 Å². The third-order valence-corrected chi connectivity index (χ3v) is 7.24. The van der Waals surface area contributed by atoms with Gasteiger partial charge in [0.2, 0.25) is 12.1 Å². The highest BCUT2D eigenvalue weighted by Crippen LogP contribution is 2.37. The van der Waals surface area contributed by atoms with Gasteiger partial charge in [0, 0.05) is 31.3 Å². The Kier molecular flexibility index (Phi) is 11.6. The van der Waals surface area contributed by atoms with E-state index in [2.05, 4.69) is 16.9 Å². The largest absolute Gasteiger partial charge is 0.478 e. The van der Waals surface area contributed by atoms with Crippen molar-refractivity contribution in [1.29, 1.82) is 0 Å². The van der Waals surface area contributed by atoms with Crippen LogP contribution in [0.25, 0.3) is 0 Å². The number of guanidine groups is 1. The highest BCUT2D eigenvalue weighted by atomic mass is 16.8. The van der Waals surface area contributed by atoms with Gasteiger partial charge in [-0.2, -0.15) is 0 Å². The Labute approximate surface area is 252 Å². The number of nitrogens with zero attached hydrogens (tertiary/aromatic N) is 2. The highest BCUT2D eigenvalue weighted by molar-refractivity contribution is 5.92. The van der Waals surface area contributed by atoms with Gasteiger partial charge in [-0.25, -0.2) is 9.59 Å². The lowest BCUT2D eigenvalue weighted by Crippen LogP contribution is -2.68. The SMILES string of the molecule is C=CC1C(OC2OC(CO)C(O)C(O)(O)C2O)OC=C(C(=O)OC)C1C=CC1=CN(CCO)CC(C(=O)O)=C1NC(N)=NC. The second-order valence-electron chi connectivity index (χ2n) is 9.97. The molecule has 3 heterocycles. The predicted molar refractivity (Wildman–Crippen MR) is 149 cm³/mol. The zero-order chi connectivity index (χ0) is 32.8. The normalized spacial score (nSPS) is 30.8. The molecule has 3 rings (SSSR count). The molecule has 1 saturated heterocycles. The van der Waals surface area contributed by atoms with E-state index in [4.69, 9.17) is 24.7 Å². The van der Waals surface area contributed by atoms with Crippen LogP contribution >= 0.6 is 0 Å². The summed E-state index contributed by atoms with van der Waals surface area (Å²) in [4.78, 5) is 30.3. The second-order valence-corrected chi connectivity index (χ2v) is 9.97.